The molecule has 108 valence electrons. The average molecular weight is 302 g/mol. The maximum Gasteiger partial charge on any atom is 0.213 e. The number of hydrogen-bond donors (Lipinski definition) is 0. The normalized spacial score (nSPS) is 17.1. The second kappa shape index (κ2) is 5.33. The quantitative estimate of drug-likeness (QED) is 0.869. The third-order valence-electron chi connectivity index (χ3n) is 3.19. The van der Waals surface area contributed by atoms with Gasteiger partial charge in [0.15, 0.2) is 5.82 Å². The van der Waals surface area contributed by atoms with Gasteiger partial charge < -0.3 is 4.74 Å². The standard InChI is InChI=1S/C14H14N4O2S/c1-8-12(9(2)19)21-14-16-15-13(18(14)17-8)10-4-6-11(20-3)7-5-10/h4-7,12H,1-3H3. The molecule has 1 atom stereocenters. The number of aromatic nitrogens is 3. The Hall–Kier alpha value is -2.15. The van der Waals surface area contributed by atoms with E-state index >= 15 is 0 Å². The Kier molecular flexibility index (Phi) is 3.50. The third kappa shape index (κ3) is 2.44. The van der Waals surface area contributed by atoms with Crippen molar-refractivity contribution in [1.29, 1.82) is 0 Å². The van der Waals surface area contributed by atoms with Crippen LogP contribution < -0.4 is 4.74 Å². The summed E-state index contributed by atoms with van der Waals surface area (Å²) in [4.78, 5) is 11.6. The molecule has 0 saturated heterocycles. The van der Waals surface area contributed by atoms with E-state index in [0.717, 1.165) is 17.0 Å². The Morgan fingerprint density at radius 3 is 2.62 bits per heavy atom. The summed E-state index contributed by atoms with van der Waals surface area (Å²) in [5.74, 6) is 1.51. The minimum atomic E-state index is -0.273. The van der Waals surface area contributed by atoms with Crippen molar-refractivity contribution >= 4 is 23.3 Å². The highest BCUT2D eigenvalue weighted by Crippen LogP contribution is 2.32. The summed E-state index contributed by atoms with van der Waals surface area (Å²) in [6, 6.07) is 7.54. The van der Waals surface area contributed by atoms with Gasteiger partial charge in [-0.15, -0.1) is 10.2 Å². The lowest BCUT2D eigenvalue weighted by molar-refractivity contribution is -0.115. The number of methoxy groups -OCH3 is 1. The van der Waals surface area contributed by atoms with Gasteiger partial charge >= 0.3 is 0 Å². The highest BCUT2D eigenvalue weighted by atomic mass is 32.2. The topological polar surface area (TPSA) is 69.4 Å². The number of nitrogens with zero attached hydrogens (tertiary/aromatic N) is 4. The number of benzene rings is 1. The van der Waals surface area contributed by atoms with Gasteiger partial charge in [0.05, 0.1) is 12.8 Å². The van der Waals surface area contributed by atoms with Crippen LogP contribution in [0.3, 0.4) is 0 Å². The number of carbonyl (C=O) groups excluding carboxylic acids is 1. The molecule has 0 fully saturated rings. The van der Waals surface area contributed by atoms with Gasteiger partial charge in [0, 0.05) is 5.56 Å². The van der Waals surface area contributed by atoms with E-state index in [4.69, 9.17) is 4.74 Å². The molecular weight excluding hydrogens is 288 g/mol. The molecule has 2 aromatic rings. The maximum atomic E-state index is 11.6. The van der Waals surface area contributed by atoms with E-state index in [-0.39, 0.29) is 11.0 Å². The average Bonchev–Trinajstić information content (AvgIpc) is 2.89. The molecule has 0 N–H and O–H groups in total. The van der Waals surface area contributed by atoms with Crippen molar-refractivity contribution in [3.8, 4) is 17.1 Å². The number of ether oxygens (including phenoxy) is 1. The molecule has 2 heterocycles. The summed E-state index contributed by atoms with van der Waals surface area (Å²) in [5.41, 5.74) is 1.66. The maximum absolute atomic E-state index is 11.6. The molecule has 0 aliphatic carbocycles. The highest BCUT2D eigenvalue weighted by Gasteiger charge is 2.28. The van der Waals surface area contributed by atoms with E-state index < -0.39 is 0 Å². The van der Waals surface area contributed by atoms with E-state index in [1.807, 2.05) is 31.2 Å². The molecule has 7 heteroatoms. The van der Waals surface area contributed by atoms with Crippen LogP contribution in [-0.2, 0) is 4.79 Å². The molecule has 0 bridgehead atoms. The highest BCUT2D eigenvalue weighted by molar-refractivity contribution is 8.01. The van der Waals surface area contributed by atoms with Crippen LogP contribution in [-0.4, -0.2) is 38.7 Å². The number of carbonyl (C=O) groups is 1. The summed E-state index contributed by atoms with van der Waals surface area (Å²) in [6.07, 6.45) is 0. The third-order valence-corrected chi connectivity index (χ3v) is 4.56. The van der Waals surface area contributed by atoms with Crippen LogP contribution in [0, 0.1) is 0 Å². The minimum absolute atomic E-state index is 0.0708. The van der Waals surface area contributed by atoms with Crippen LogP contribution in [0.5, 0.6) is 5.75 Å². The molecular formula is C14H14N4O2S. The Labute approximate surface area is 126 Å². The van der Waals surface area contributed by atoms with Crippen molar-refractivity contribution in [1.82, 2.24) is 14.9 Å². The second-order valence-corrected chi connectivity index (χ2v) is 5.77. The van der Waals surface area contributed by atoms with Gasteiger partial charge in [0.1, 0.15) is 16.8 Å². The molecule has 6 nitrogen and oxygen atoms in total. The first kappa shape index (κ1) is 13.8. The fourth-order valence-corrected chi connectivity index (χ4v) is 3.04. The molecule has 0 radical (unpaired) electrons. The molecule has 1 aromatic heterocycles. The number of hydrogen-bond acceptors (Lipinski definition) is 6. The fourth-order valence-electron chi connectivity index (χ4n) is 2.13. The first-order valence-corrected chi connectivity index (χ1v) is 7.30. The lowest BCUT2D eigenvalue weighted by Crippen LogP contribution is -2.27. The number of ketones is 1. The minimum Gasteiger partial charge on any atom is -0.497 e. The zero-order valence-electron chi connectivity index (χ0n) is 11.9. The predicted octanol–water partition coefficient (Wildman–Crippen LogP) is 2.24. The molecule has 0 saturated carbocycles. The van der Waals surface area contributed by atoms with Gasteiger partial charge in [-0.3, -0.25) is 4.79 Å². The van der Waals surface area contributed by atoms with Crippen LogP contribution in [0.1, 0.15) is 13.8 Å². The molecule has 0 amide bonds. The Morgan fingerprint density at radius 2 is 2.00 bits per heavy atom. The summed E-state index contributed by atoms with van der Waals surface area (Å²) in [7, 11) is 1.63. The number of thioether (sulfide) groups is 1. The van der Waals surface area contributed by atoms with Crippen molar-refractivity contribution in [3.05, 3.63) is 24.3 Å². The lowest BCUT2D eigenvalue weighted by atomic mass is 10.2. The Balaban J connectivity index is 2.01. The zero-order chi connectivity index (χ0) is 15.0. The van der Waals surface area contributed by atoms with Crippen LogP contribution >= 0.6 is 11.8 Å². The summed E-state index contributed by atoms with van der Waals surface area (Å²) < 4.78 is 6.83. The van der Waals surface area contributed by atoms with Crippen molar-refractivity contribution in [2.75, 3.05) is 7.11 Å². The molecule has 21 heavy (non-hydrogen) atoms. The van der Waals surface area contributed by atoms with Gasteiger partial charge in [0.2, 0.25) is 5.16 Å². The lowest BCUT2D eigenvalue weighted by Gasteiger charge is -2.18. The van der Waals surface area contributed by atoms with E-state index in [0.29, 0.717) is 11.0 Å². The van der Waals surface area contributed by atoms with Crippen molar-refractivity contribution in [3.63, 3.8) is 0 Å². The zero-order valence-corrected chi connectivity index (χ0v) is 12.7. The molecule has 3 rings (SSSR count). The van der Waals surface area contributed by atoms with Crippen molar-refractivity contribution in [2.24, 2.45) is 5.10 Å². The first-order valence-electron chi connectivity index (χ1n) is 6.42. The second-order valence-electron chi connectivity index (χ2n) is 4.70. The number of rotatable bonds is 3. The van der Waals surface area contributed by atoms with Crippen LogP contribution in [0.4, 0.5) is 0 Å². The predicted molar refractivity (Wildman–Crippen MR) is 80.8 cm³/mol. The monoisotopic (exact) mass is 302 g/mol. The number of Topliss-reactive ketones (excluding diaryl/α,β-unsaturated/α-hetero) is 1. The van der Waals surface area contributed by atoms with Crippen molar-refractivity contribution < 1.29 is 9.53 Å². The van der Waals surface area contributed by atoms with Crippen molar-refractivity contribution in [2.45, 2.75) is 24.3 Å². The van der Waals surface area contributed by atoms with E-state index in [1.165, 1.54) is 11.8 Å². The van der Waals surface area contributed by atoms with Crippen LogP contribution in [0.15, 0.2) is 34.5 Å². The summed E-state index contributed by atoms with van der Waals surface area (Å²) in [6.45, 7) is 3.41. The van der Waals surface area contributed by atoms with E-state index in [1.54, 1.807) is 18.7 Å². The Bertz CT molecular complexity index is 721. The van der Waals surface area contributed by atoms with Gasteiger partial charge in [-0.1, -0.05) is 11.8 Å². The molecule has 1 aliphatic rings. The SMILES string of the molecule is COc1ccc(-c2nnc3n2N=C(C)C(C(C)=O)S3)cc1. The van der Waals surface area contributed by atoms with Crippen LogP contribution in [0.2, 0.25) is 0 Å². The molecule has 1 unspecified atom stereocenters. The fraction of sp³-hybridized carbons (Fsp3) is 0.286. The van der Waals surface area contributed by atoms with Gasteiger partial charge in [-0.05, 0) is 38.1 Å². The van der Waals surface area contributed by atoms with E-state index in [9.17, 15) is 4.79 Å². The first-order chi connectivity index (χ1) is 10.1. The largest absolute Gasteiger partial charge is 0.497 e. The summed E-state index contributed by atoms with van der Waals surface area (Å²) >= 11 is 1.38. The smallest absolute Gasteiger partial charge is 0.213 e. The van der Waals surface area contributed by atoms with E-state index in [2.05, 4.69) is 15.3 Å². The number of fused-ring (bicyclic) bond motifs is 1. The molecule has 1 aliphatic heterocycles. The summed E-state index contributed by atoms with van der Waals surface area (Å²) in [5, 5.41) is 13.1. The van der Waals surface area contributed by atoms with Crippen LogP contribution in [0.25, 0.3) is 11.4 Å². The van der Waals surface area contributed by atoms with Gasteiger partial charge in [-0.2, -0.15) is 9.78 Å². The Morgan fingerprint density at radius 1 is 1.29 bits per heavy atom. The van der Waals surface area contributed by atoms with Gasteiger partial charge in [0.25, 0.3) is 0 Å². The van der Waals surface area contributed by atoms with Gasteiger partial charge in [-0.25, -0.2) is 0 Å². The molecule has 0 spiro atoms. The molecule has 1 aromatic carbocycles.